The van der Waals surface area contributed by atoms with Gasteiger partial charge in [0.05, 0.1) is 6.54 Å². The molecule has 0 fully saturated rings. The summed E-state index contributed by atoms with van der Waals surface area (Å²) in [6.07, 6.45) is 1.84. The fourth-order valence-corrected chi connectivity index (χ4v) is 2.47. The van der Waals surface area contributed by atoms with Crippen molar-refractivity contribution >= 4 is 27.7 Å². The Morgan fingerprint density at radius 1 is 1.44 bits per heavy atom. The number of pyridine rings is 1. The van der Waals surface area contributed by atoms with Gasteiger partial charge in [0.15, 0.2) is 0 Å². The molecule has 0 bridgehead atoms. The van der Waals surface area contributed by atoms with Crippen LogP contribution in [-0.2, 0) is 4.74 Å². The van der Waals surface area contributed by atoms with Crippen molar-refractivity contribution in [2.75, 3.05) is 19.8 Å². The molecule has 1 atom stereocenters. The molecule has 0 saturated heterocycles. The van der Waals surface area contributed by atoms with Crippen molar-refractivity contribution in [3.8, 4) is 0 Å². The highest BCUT2D eigenvalue weighted by molar-refractivity contribution is 9.10. The van der Waals surface area contributed by atoms with Gasteiger partial charge in [0.1, 0.15) is 30.6 Å². The minimum atomic E-state index is -2.59. The van der Waals surface area contributed by atoms with Crippen LogP contribution in [0.2, 0.25) is 0 Å². The van der Waals surface area contributed by atoms with E-state index in [1.165, 1.54) is 18.3 Å². The van der Waals surface area contributed by atoms with E-state index in [9.17, 15) is 18.0 Å². The second kappa shape index (κ2) is 10.2. The van der Waals surface area contributed by atoms with Crippen LogP contribution in [0.3, 0.4) is 0 Å². The molecular formula is C17H18BrF3N4O2. The van der Waals surface area contributed by atoms with E-state index in [-0.39, 0.29) is 31.1 Å². The van der Waals surface area contributed by atoms with Crippen molar-refractivity contribution in [1.82, 2.24) is 10.3 Å². The fraction of sp³-hybridized carbons (Fsp3) is 0.353. The van der Waals surface area contributed by atoms with E-state index in [1.807, 2.05) is 0 Å². The molecule has 1 aliphatic rings. The number of nitrogens with two attached hydrogens (primary N) is 1. The Bertz CT molecular complexity index is 751. The van der Waals surface area contributed by atoms with E-state index in [0.717, 1.165) is 4.47 Å². The van der Waals surface area contributed by atoms with Crippen LogP contribution in [0.15, 0.2) is 51.5 Å². The molecule has 0 saturated carbocycles. The van der Waals surface area contributed by atoms with Gasteiger partial charge in [-0.2, -0.15) is 0 Å². The van der Waals surface area contributed by atoms with Crippen LogP contribution >= 0.6 is 15.9 Å². The number of carbonyl (C=O) groups is 1. The zero-order valence-electron chi connectivity index (χ0n) is 14.2. The van der Waals surface area contributed by atoms with Gasteiger partial charge in [-0.3, -0.25) is 9.79 Å². The molecule has 1 aliphatic carbocycles. The molecular weight excluding hydrogens is 429 g/mol. The van der Waals surface area contributed by atoms with E-state index in [4.69, 9.17) is 5.73 Å². The molecule has 1 aromatic rings. The van der Waals surface area contributed by atoms with Crippen LogP contribution < -0.4 is 11.1 Å². The number of aromatic nitrogens is 1. The smallest absolute Gasteiger partial charge is 0.273 e. The highest BCUT2D eigenvalue weighted by Crippen LogP contribution is 2.25. The van der Waals surface area contributed by atoms with Crippen LogP contribution in [0, 0.1) is 5.92 Å². The zero-order valence-corrected chi connectivity index (χ0v) is 15.8. The molecule has 27 heavy (non-hydrogen) atoms. The van der Waals surface area contributed by atoms with Crippen molar-refractivity contribution in [3.63, 3.8) is 0 Å². The third-order valence-corrected chi connectivity index (χ3v) is 4.01. The predicted molar refractivity (Wildman–Crippen MR) is 98.1 cm³/mol. The van der Waals surface area contributed by atoms with E-state index >= 15 is 0 Å². The van der Waals surface area contributed by atoms with E-state index in [1.54, 1.807) is 12.1 Å². The number of nitrogens with one attached hydrogen (secondary N) is 1. The van der Waals surface area contributed by atoms with Crippen molar-refractivity contribution in [2.24, 2.45) is 16.6 Å². The van der Waals surface area contributed by atoms with Gasteiger partial charge in [-0.05, 0) is 46.6 Å². The number of amides is 1. The van der Waals surface area contributed by atoms with Crippen LogP contribution in [-0.4, -0.2) is 42.9 Å². The first kappa shape index (κ1) is 21.1. The average Bonchev–Trinajstić information content (AvgIpc) is 2.62. The maximum Gasteiger partial charge on any atom is 0.273 e. The molecule has 6 nitrogen and oxygen atoms in total. The molecule has 0 radical (unpaired) electrons. The van der Waals surface area contributed by atoms with Gasteiger partial charge in [0, 0.05) is 22.3 Å². The van der Waals surface area contributed by atoms with E-state index < -0.39 is 30.7 Å². The molecule has 2 rings (SSSR count). The second-order valence-corrected chi connectivity index (χ2v) is 6.61. The lowest BCUT2D eigenvalue weighted by atomic mass is 9.97. The number of amidine groups is 1. The van der Waals surface area contributed by atoms with Gasteiger partial charge >= 0.3 is 0 Å². The number of ether oxygens (including phenoxy) is 1. The van der Waals surface area contributed by atoms with Gasteiger partial charge in [-0.25, -0.2) is 18.2 Å². The lowest BCUT2D eigenvalue weighted by molar-refractivity contribution is 0.0321. The molecule has 10 heteroatoms. The maximum atomic E-state index is 14.0. The topological polar surface area (TPSA) is 89.6 Å². The summed E-state index contributed by atoms with van der Waals surface area (Å²) in [7, 11) is 0. The third-order valence-electron chi connectivity index (χ3n) is 3.54. The quantitative estimate of drug-likeness (QED) is 0.474. The number of carbonyl (C=O) groups excluding carboxylic acids is 1. The first-order valence-corrected chi connectivity index (χ1v) is 8.78. The highest BCUT2D eigenvalue weighted by Gasteiger charge is 2.21. The number of halogens is 4. The Hall–Kier alpha value is -2.20. The van der Waals surface area contributed by atoms with Crippen LogP contribution in [0.1, 0.15) is 16.9 Å². The predicted octanol–water partition coefficient (Wildman–Crippen LogP) is 2.97. The minimum Gasteiger partial charge on any atom is -0.386 e. The molecule has 0 spiro atoms. The largest absolute Gasteiger partial charge is 0.386 e. The first-order chi connectivity index (χ1) is 12.8. The number of rotatable bonds is 8. The van der Waals surface area contributed by atoms with E-state index in [2.05, 4.69) is 36.0 Å². The summed E-state index contributed by atoms with van der Waals surface area (Å²) >= 11 is 3.24. The van der Waals surface area contributed by atoms with E-state index in [0.29, 0.717) is 5.70 Å². The summed E-state index contributed by atoms with van der Waals surface area (Å²) in [5.74, 6) is -1.43. The number of aliphatic imine (C=N–C) groups is 1. The Labute approximate surface area is 162 Å². The van der Waals surface area contributed by atoms with Gasteiger partial charge in [-0.15, -0.1) is 0 Å². The van der Waals surface area contributed by atoms with Crippen molar-refractivity contribution in [3.05, 3.63) is 52.2 Å². The first-order valence-electron chi connectivity index (χ1n) is 7.99. The molecule has 146 valence electrons. The molecule has 1 aromatic heterocycles. The summed E-state index contributed by atoms with van der Waals surface area (Å²) < 4.78 is 43.4. The molecule has 1 unspecified atom stereocenters. The Kier molecular flexibility index (Phi) is 7.99. The molecule has 1 amide bonds. The summed E-state index contributed by atoms with van der Waals surface area (Å²) in [5.41, 5.74) is 6.31. The second-order valence-electron chi connectivity index (χ2n) is 5.70. The van der Waals surface area contributed by atoms with Crippen LogP contribution in [0.25, 0.3) is 0 Å². The SMILES string of the molecule is N/C(COCC(F)F)=N/CC1CC(NC(=O)c2ccc(Br)cn2)=CC=C1F. The summed E-state index contributed by atoms with van der Waals surface area (Å²) in [6.45, 7) is -0.982. The number of allylic oxidation sites excluding steroid dienone is 3. The van der Waals surface area contributed by atoms with Crippen molar-refractivity contribution in [1.29, 1.82) is 0 Å². The number of alkyl halides is 2. The maximum absolute atomic E-state index is 14.0. The molecule has 0 aromatic carbocycles. The average molecular weight is 447 g/mol. The Morgan fingerprint density at radius 2 is 2.22 bits per heavy atom. The molecule has 3 N–H and O–H groups in total. The zero-order chi connectivity index (χ0) is 19.8. The van der Waals surface area contributed by atoms with Gasteiger partial charge in [0.25, 0.3) is 12.3 Å². The third kappa shape index (κ3) is 7.14. The fourth-order valence-electron chi connectivity index (χ4n) is 2.24. The number of hydrogen-bond donors (Lipinski definition) is 2. The summed E-state index contributed by atoms with van der Waals surface area (Å²) in [6, 6.07) is 3.24. The monoisotopic (exact) mass is 446 g/mol. The van der Waals surface area contributed by atoms with Crippen molar-refractivity contribution in [2.45, 2.75) is 12.8 Å². The lowest BCUT2D eigenvalue weighted by Crippen LogP contribution is -2.27. The lowest BCUT2D eigenvalue weighted by Gasteiger charge is -2.19. The Balaban J connectivity index is 1.89. The van der Waals surface area contributed by atoms with Gasteiger partial charge < -0.3 is 15.8 Å². The summed E-state index contributed by atoms with van der Waals surface area (Å²) in [5, 5.41) is 2.68. The summed E-state index contributed by atoms with van der Waals surface area (Å²) in [4.78, 5) is 20.1. The Morgan fingerprint density at radius 3 is 2.89 bits per heavy atom. The van der Waals surface area contributed by atoms with Crippen molar-refractivity contribution < 1.29 is 22.7 Å². The highest BCUT2D eigenvalue weighted by atomic mass is 79.9. The molecule has 0 aliphatic heterocycles. The number of nitrogens with zero attached hydrogens (tertiary/aromatic N) is 2. The minimum absolute atomic E-state index is 0.00245. The van der Waals surface area contributed by atoms with Crippen LogP contribution in [0.5, 0.6) is 0 Å². The molecule has 1 heterocycles. The standard InChI is InChI=1S/C17H18BrF3N4O2/c18-11-1-4-14(23-7-11)17(26)25-12-2-3-13(19)10(5-12)6-24-16(22)9-27-8-15(20)21/h1-4,7,10,15H,5-6,8-9H2,(H2,22,24)(H,25,26). The van der Waals surface area contributed by atoms with Crippen LogP contribution in [0.4, 0.5) is 13.2 Å². The normalized spacial score (nSPS) is 17.5. The number of hydrogen-bond acceptors (Lipinski definition) is 4. The van der Waals surface area contributed by atoms with Gasteiger partial charge in [0.2, 0.25) is 0 Å². The van der Waals surface area contributed by atoms with Gasteiger partial charge in [-0.1, -0.05) is 0 Å².